The molecule has 1 atom stereocenters. The third-order valence-electron chi connectivity index (χ3n) is 3.74. The molecule has 0 heterocycles. The van der Waals surface area contributed by atoms with Gasteiger partial charge in [-0.2, -0.15) is 4.31 Å². The van der Waals surface area contributed by atoms with Gasteiger partial charge >= 0.3 is 15.6 Å². The monoisotopic (exact) mass is 424 g/mol. The summed E-state index contributed by atoms with van der Waals surface area (Å²) in [5.74, 6) is 0. The van der Waals surface area contributed by atoms with Crippen LogP contribution in [0, 0.1) is 5.41 Å². The largest absolute Gasteiger partial charge is 0.481 e. The van der Waals surface area contributed by atoms with Crippen LogP contribution < -0.4 is 0 Å². The Bertz CT molecular complexity index is 647. The van der Waals surface area contributed by atoms with E-state index < -0.39 is 15.6 Å². The van der Waals surface area contributed by atoms with Gasteiger partial charge in [-0.05, 0) is 51.9 Å². The smallest absolute Gasteiger partial charge is 0.302 e. The summed E-state index contributed by atoms with van der Waals surface area (Å²) in [6.07, 6.45) is 9.68. The van der Waals surface area contributed by atoms with Crippen molar-refractivity contribution in [2.75, 3.05) is 6.61 Å². The molecule has 7 nitrogen and oxygen atoms in total. The minimum absolute atomic E-state index is 0.170. The minimum atomic E-state index is -5.10. The van der Waals surface area contributed by atoms with Crippen LogP contribution in [0.2, 0.25) is 0 Å². The Hall–Kier alpha value is -0.520. The summed E-state index contributed by atoms with van der Waals surface area (Å²) in [4.78, 5) is 26.5. The van der Waals surface area contributed by atoms with Crippen molar-refractivity contribution in [3.63, 3.8) is 0 Å². The quantitative estimate of drug-likeness (QED) is 0.290. The Kier molecular flexibility index (Phi) is 11.3. The van der Waals surface area contributed by atoms with Gasteiger partial charge in [-0.25, -0.2) is 9.13 Å². The average Bonchev–Trinajstić information content (AvgIpc) is 2.41. The Labute approximate surface area is 163 Å². The van der Waals surface area contributed by atoms with Gasteiger partial charge < -0.3 is 14.7 Å². The first-order valence-electron chi connectivity index (χ1n) is 8.85. The fourth-order valence-electron chi connectivity index (χ4n) is 2.34. The van der Waals surface area contributed by atoms with Gasteiger partial charge in [0.15, 0.2) is 0 Å². The normalized spacial score (nSPS) is 16.2. The number of phosphoric ester groups is 1. The Morgan fingerprint density at radius 1 is 0.926 bits per heavy atom. The van der Waals surface area contributed by atoms with Gasteiger partial charge in [0.2, 0.25) is 0 Å². The van der Waals surface area contributed by atoms with Crippen LogP contribution in [-0.2, 0) is 18.0 Å². The molecule has 0 aliphatic heterocycles. The van der Waals surface area contributed by atoms with Crippen molar-refractivity contribution in [2.45, 2.75) is 67.2 Å². The summed E-state index contributed by atoms with van der Waals surface area (Å²) in [7, 11) is -9.91. The molecule has 0 aliphatic carbocycles. The van der Waals surface area contributed by atoms with Gasteiger partial charge in [0.25, 0.3) is 0 Å². The Morgan fingerprint density at radius 3 is 1.96 bits per heavy atom. The Balaban J connectivity index is 4.77. The van der Waals surface area contributed by atoms with E-state index in [0.717, 1.165) is 31.3 Å². The molecule has 27 heavy (non-hydrogen) atoms. The summed E-state index contributed by atoms with van der Waals surface area (Å²) in [5, 5.41) is 0. The van der Waals surface area contributed by atoms with Gasteiger partial charge in [-0.3, -0.25) is 4.52 Å². The van der Waals surface area contributed by atoms with Crippen LogP contribution in [-0.4, -0.2) is 21.3 Å². The first-order valence-corrected chi connectivity index (χ1v) is 11.9. The topological polar surface area (TPSA) is 113 Å². The highest BCUT2D eigenvalue weighted by Gasteiger charge is 2.32. The predicted octanol–water partition coefficient (Wildman–Crippen LogP) is 5.66. The van der Waals surface area contributed by atoms with E-state index in [-0.39, 0.29) is 12.0 Å². The molecular formula is C18H34O7P2. The number of rotatable bonds is 11. The zero-order valence-electron chi connectivity index (χ0n) is 17.1. The molecule has 0 amide bonds. The highest BCUT2D eigenvalue weighted by atomic mass is 31.3. The van der Waals surface area contributed by atoms with Gasteiger partial charge in [-0.1, -0.05) is 55.7 Å². The van der Waals surface area contributed by atoms with E-state index in [0.29, 0.717) is 0 Å². The van der Waals surface area contributed by atoms with Crippen LogP contribution in [0.15, 0.2) is 34.9 Å². The molecule has 3 N–H and O–H groups in total. The summed E-state index contributed by atoms with van der Waals surface area (Å²) in [6, 6.07) is 0. The molecule has 1 unspecified atom stereocenters. The van der Waals surface area contributed by atoms with E-state index in [1.54, 1.807) is 6.08 Å². The first-order chi connectivity index (χ1) is 12.1. The van der Waals surface area contributed by atoms with Crippen molar-refractivity contribution < 1.29 is 32.6 Å². The second-order valence-electron chi connectivity index (χ2n) is 7.73. The molecule has 0 saturated heterocycles. The van der Waals surface area contributed by atoms with Crippen molar-refractivity contribution in [3.05, 3.63) is 34.9 Å². The summed E-state index contributed by atoms with van der Waals surface area (Å²) >= 11 is 0. The molecular weight excluding hydrogens is 390 g/mol. The maximum absolute atomic E-state index is 11.5. The average molecular weight is 424 g/mol. The molecule has 0 radical (unpaired) electrons. The molecule has 0 aliphatic rings. The maximum Gasteiger partial charge on any atom is 0.481 e. The second kappa shape index (κ2) is 11.5. The summed E-state index contributed by atoms with van der Waals surface area (Å²) < 4.78 is 30.5. The van der Waals surface area contributed by atoms with Gasteiger partial charge in [0.05, 0.1) is 6.61 Å². The lowest BCUT2D eigenvalue weighted by molar-refractivity contribution is 0.190. The van der Waals surface area contributed by atoms with Crippen LogP contribution in [0.5, 0.6) is 0 Å². The second-order valence-corrected chi connectivity index (χ2v) is 10.6. The van der Waals surface area contributed by atoms with Crippen molar-refractivity contribution in [3.8, 4) is 0 Å². The van der Waals surface area contributed by atoms with Crippen LogP contribution in [0.1, 0.15) is 67.2 Å². The maximum atomic E-state index is 11.5. The fraction of sp³-hybridized carbons (Fsp3) is 0.667. The molecule has 0 saturated carbocycles. The SMILES string of the molecule is CC(C)=CCC/C(C)=C/CC/C(=C/COP(=O)(O)OP(=O)(O)O)C(C)(C)C. The van der Waals surface area contributed by atoms with Crippen LogP contribution in [0.4, 0.5) is 0 Å². The molecule has 0 aromatic rings. The lowest BCUT2D eigenvalue weighted by Gasteiger charge is -2.23. The van der Waals surface area contributed by atoms with E-state index in [4.69, 9.17) is 9.79 Å². The zero-order valence-corrected chi connectivity index (χ0v) is 18.9. The summed E-state index contributed by atoms with van der Waals surface area (Å²) in [6.45, 7) is 12.1. The summed E-state index contributed by atoms with van der Waals surface area (Å²) in [5.41, 5.74) is 3.47. The number of phosphoric acid groups is 2. The standard InChI is InChI=1S/C18H34O7P2/c1-15(2)9-7-10-16(3)11-8-12-17(18(4,5)6)13-14-24-27(22,23)25-26(19,20)21/h9,11,13H,7-8,10,12,14H2,1-6H3,(H,22,23)(H2,19,20,21)/b16-11+,17-13-. The zero-order chi connectivity index (χ0) is 21.3. The number of allylic oxidation sites excluding steroid dienone is 5. The van der Waals surface area contributed by atoms with E-state index in [9.17, 15) is 14.0 Å². The fourth-order valence-corrected chi connectivity index (χ4v) is 3.86. The minimum Gasteiger partial charge on any atom is -0.302 e. The van der Waals surface area contributed by atoms with E-state index in [2.05, 4.69) is 41.8 Å². The molecule has 0 bridgehead atoms. The van der Waals surface area contributed by atoms with E-state index >= 15 is 0 Å². The molecule has 0 fully saturated rings. The van der Waals surface area contributed by atoms with Crippen molar-refractivity contribution in [2.24, 2.45) is 5.41 Å². The first kappa shape index (κ1) is 26.5. The third kappa shape index (κ3) is 15.1. The number of hydrogen-bond donors (Lipinski definition) is 3. The van der Waals surface area contributed by atoms with E-state index in [1.807, 2.05) is 20.8 Å². The highest BCUT2D eigenvalue weighted by molar-refractivity contribution is 7.60. The molecule has 0 aromatic carbocycles. The van der Waals surface area contributed by atoms with E-state index in [1.165, 1.54) is 11.1 Å². The van der Waals surface area contributed by atoms with Crippen LogP contribution >= 0.6 is 15.6 Å². The van der Waals surface area contributed by atoms with Gasteiger partial charge in [0, 0.05) is 0 Å². The Morgan fingerprint density at radius 2 is 1.48 bits per heavy atom. The predicted molar refractivity (Wildman–Crippen MR) is 108 cm³/mol. The molecule has 0 rings (SSSR count). The molecule has 0 spiro atoms. The van der Waals surface area contributed by atoms with Crippen molar-refractivity contribution in [1.29, 1.82) is 0 Å². The molecule has 0 aromatic heterocycles. The van der Waals surface area contributed by atoms with Gasteiger partial charge in [0.1, 0.15) is 0 Å². The van der Waals surface area contributed by atoms with Crippen molar-refractivity contribution >= 4 is 15.6 Å². The molecule has 158 valence electrons. The lowest BCUT2D eigenvalue weighted by Crippen LogP contribution is -2.10. The van der Waals surface area contributed by atoms with Crippen molar-refractivity contribution in [1.82, 2.24) is 0 Å². The highest BCUT2D eigenvalue weighted by Crippen LogP contribution is 2.57. The van der Waals surface area contributed by atoms with Crippen LogP contribution in [0.3, 0.4) is 0 Å². The molecule has 9 heteroatoms. The van der Waals surface area contributed by atoms with Gasteiger partial charge in [-0.15, -0.1) is 0 Å². The van der Waals surface area contributed by atoms with Crippen LogP contribution in [0.25, 0.3) is 0 Å². The number of hydrogen-bond acceptors (Lipinski definition) is 4. The lowest BCUT2D eigenvalue weighted by atomic mass is 9.83. The third-order valence-corrected chi connectivity index (χ3v) is 5.89.